The molecule has 0 aromatic rings. The predicted molar refractivity (Wildman–Crippen MR) is 41.3 cm³/mol. The van der Waals surface area contributed by atoms with Crippen molar-refractivity contribution >= 4 is 5.97 Å². The van der Waals surface area contributed by atoms with E-state index in [4.69, 9.17) is 14.6 Å². The van der Waals surface area contributed by atoms with Gasteiger partial charge in [-0.15, -0.1) is 0 Å². The molecule has 0 bridgehead atoms. The smallest absolute Gasteiger partial charge is 0.336 e. The van der Waals surface area contributed by atoms with Crippen LogP contribution in [-0.4, -0.2) is 30.1 Å². The van der Waals surface area contributed by atoms with Crippen LogP contribution in [0.5, 0.6) is 0 Å². The van der Waals surface area contributed by atoms with Gasteiger partial charge in [0.05, 0.1) is 0 Å². The van der Waals surface area contributed by atoms with E-state index < -0.39 is 11.8 Å². The van der Waals surface area contributed by atoms with Gasteiger partial charge in [0.2, 0.25) is 5.79 Å². The van der Waals surface area contributed by atoms with Gasteiger partial charge in [0, 0.05) is 25.5 Å². The highest BCUT2D eigenvalue weighted by atomic mass is 16.8. The highest BCUT2D eigenvalue weighted by molar-refractivity contribution is 5.88. The summed E-state index contributed by atoms with van der Waals surface area (Å²) >= 11 is 0. The highest BCUT2D eigenvalue weighted by Gasteiger charge is 2.44. The number of hydrogen-bond donors (Lipinski definition) is 1. The van der Waals surface area contributed by atoms with Gasteiger partial charge >= 0.3 is 5.97 Å². The molecule has 1 N–H and O–H groups in total. The lowest BCUT2D eigenvalue weighted by Crippen LogP contribution is -2.18. The normalized spacial score (nSPS) is 26.5. The van der Waals surface area contributed by atoms with E-state index in [1.807, 2.05) is 0 Å². The SMILES string of the molecule is C=C(CCO)C(=O)OC1(C)CO1. The van der Waals surface area contributed by atoms with E-state index in [-0.39, 0.29) is 18.6 Å². The van der Waals surface area contributed by atoms with E-state index in [1.54, 1.807) is 6.92 Å². The first-order chi connectivity index (χ1) is 5.57. The van der Waals surface area contributed by atoms with Crippen molar-refractivity contribution in [3.05, 3.63) is 12.2 Å². The van der Waals surface area contributed by atoms with Crippen molar-refractivity contribution in [2.75, 3.05) is 13.2 Å². The minimum Gasteiger partial charge on any atom is -0.427 e. The van der Waals surface area contributed by atoms with Crippen molar-refractivity contribution < 1.29 is 19.4 Å². The van der Waals surface area contributed by atoms with Crippen LogP contribution in [0.1, 0.15) is 13.3 Å². The second-order valence-electron chi connectivity index (χ2n) is 2.89. The van der Waals surface area contributed by atoms with E-state index in [9.17, 15) is 4.79 Å². The fourth-order valence-corrected chi connectivity index (χ4v) is 0.666. The lowest BCUT2D eigenvalue weighted by molar-refractivity contribution is -0.152. The first kappa shape index (κ1) is 9.22. The molecular formula is C8H12O4. The van der Waals surface area contributed by atoms with Crippen LogP contribution in [-0.2, 0) is 14.3 Å². The minimum atomic E-state index is -0.741. The van der Waals surface area contributed by atoms with Crippen LogP contribution in [0.25, 0.3) is 0 Å². The minimum absolute atomic E-state index is 0.0918. The monoisotopic (exact) mass is 172 g/mol. The summed E-state index contributed by atoms with van der Waals surface area (Å²) in [6, 6.07) is 0. The maximum Gasteiger partial charge on any atom is 0.336 e. The molecule has 68 valence electrons. The van der Waals surface area contributed by atoms with Crippen molar-refractivity contribution in [2.24, 2.45) is 0 Å². The first-order valence-electron chi connectivity index (χ1n) is 3.73. The highest BCUT2D eigenvalue weighted by Crippen LogP contribution is 2.28. The summed E-state index contributed by atoms with van der Waals surface area (Å²) in [6.45, 7) is 5.49. The lowest BCUT2D eigenvalue weighted by atomic mass is 10.2. The van der Waals surface area contributed by atoms with E-state index in [1.165, 1.54) is 0 Å². The van der Waals surface area contributed by atoms with Gasteiger partial charge in [0.15, 0.2) is 0 Å². The Morgan fingerprint density at radius 2 is 2.42 bits per heavy atom. The van der Waals surface area contributed by atoms with Crippen molar-refractivity contribution in [1.29, 1.82) is 0 Å². The number of carbonyl (C=O) groups is 1. The number of carbonyl (C=O) groups excluding carboxylic acids is 1. The van der Waals surface area contributed by atoms with Crippen LogP contribution >= 0.6 is 0 Å². The van der Waals surface area contributed by atoms with Crippen LogP contribution in [0.4, 0.5) is 0 Å². The van der Waals surface area contributed by atoms with E-state index in [2.05, 4.69) is 6.58 Å². The van der Waals surface area contributed by atoms with E-state index in [0.717, 1.165) is 0 Å². The van der Waals surface area contributed by atoms with Gasteiger partial charge < -0.3 is 14.6 Å². The zero-order valence-corrected chi connectivity index (χ0v) is 7.00. The molecule has 4 nitrogen and oxygen atoms in total. The molecule has 0 aromatic heterocycles. The van der Waals surface area contributed by atoms with Gasteiger partial charge in [0.25, 0.3) is 0 Å². The summed E-state index contributed by atoms with van der Waals surface area (Å²) < 4.78 is 9.74. The molecule has 0 saturated carbocycles. The van der Waals surface area contributed by atoms with Crippen LogP contribution < -0.4 is 0 Å². The molecule has 1 atom stereocenters. The molecular weight excluding hydrogens is 160 g/mol. The average molecular weight is 172 g/mol. The first-order valence-corrected chi connectivity index (χ1v) is 3.73. The number of hydrogen-bond acceptors (Lipinski definition) is 4. The molecule has 1 rings (SSSR count). The molecule has 4 heteroatoms. The summed E-state index contributed by atoms with van der Waals surface area (Å²) in [7, 11) is 0. The molecule has 0 amide bonds. The molecule has 0 aliphatic carbocycles. The van der Waals surface area contributed by atoms with Crippen LogP contribution in [0.3, 0.4) is 0 Å². The van der Waals surface area contributed by atoms with E-state index >= 15 is 0 Å². The second kappa shape index (κ2) is 3.25. The number of aliphatic hydroxyl groups is 1. The summed E-state index contributed by atoms with van der Waals surface area (Å²) in [6.07, 6.45) is 0.245. The Balaban J connectivity index is 2.32. The topological polar surface area (TPSA) is 59.1 Å². The van der Waals surface area contributed by atoms with Crippen molar-refractivity contribution in [1.82, 2.24) is 0 Å². The average Bonchev–Trinajstić information content (AvgIpc) is 2.68. The van der Waals surface area contributed by atoms with Gasteiger partial charge in [0.1, 0.15) is 6.61 Å². The van der Waals surface area contributed by atoms with Crippen LogP contribution in [0.15, 0.2) is 12.2 Å². The Morgan fingerprint density at radius 1 is 1.83 bits per heavy atom. The number of esters is 1. The molecule has 0 spiro atoms. The number of rotatable bonds is 4. The van der Waals surface area contributed by atoms with Crippen molar-refractivity contribution in [3.63, 3.8) is 0 Å². The summed E-state index contributed by atoms with van der Waals surface area (Å²) in [5.74, 6) is -1.24. The quantitative estimate of drug-likeness (QED) is 0.374. The third kappa shape index (κ3) is 2.32. The fourth-order valence-electron chi connectivity index (χ4n) is 0.666. The van der Waals surface area contributed by atoms with E-state index in [0.29, 0.717) is 6.61 Å². The lowest BCUT2D eigenvalue weighted by Gasteiger charge is -2.08. The summed E-state index contributed by atoms with van der Waals surface area (Å²) in [5.41, 5.74) is 0.272. The Labute approximate surface area is 70.8 Å². The molecule has 0 radical (unpaired) electrons. The number of aliphatic hydroxyl groups excluding tert-OH is 1. The van der Waals surface area contributed by atoms with Crippen LogP contribution in [0.2, 0.25) is 0 Å². The second-order valence-corrected chi connectivity index (χ2v) is 2.89. The van der Waals surface area contributed by atoms with Gasteiger partial charge in [-0.25, -0.2) is 4.79 Å². The standard InChI is InChI=1S/C8H12O4/c1-6(3-4-9)7(10)12-8(2)5-11-8/h9H,1,3-5H2,2H3. The Hall–Kier alpha value is -0.870. The van der Waals surface area contributed by atoms with Gasteiger partial charge in [-0.05, 0) is 0 Å². The number of epoxide rings is 1. The maximum atomic E-state index is 11.1. The molecule has 1 saturated heterocycles. The molecule has 1 fully saturated rings. The Bertz CT molecular complexity index is 205. The molecule has 0 aromatic carbocycles. The maximum absolute atomic E-state index is 11.1. The fraction of sp³-hybridized carbons (Fsp3) is 0.625. The molecule has 1 unspecified atom stereocenters. The van der Waals surface area contributed by atoms with Crippen molar-refractivity contribution in [3.8, 4) is 0 Å². The third-order valence-corrected chi connectivity index (χ3v) is 1.56. The molecule has 12 heavy (non-hydrogen) atoms. The van der Waals surface area contributed by atoms with Gasteiger partial charge in [-0.1, -0.05) is 6.58 Å². The number of ether oxygens (including phenoxy) is 2. The van der Waals surface area contributed by atoms with Gasteiger partial charge in [-0.2, -0.15) is 0 Å². The Morgan fingerprint density at radius 3 is 2.83 bits per heavy atom. The molecule has 1 aliphatic rings. The third-order valence-electron chi connectivity index (χ3n) is 1.56. The molecule has 1 heterocycles. The van der Waals surface area contributed by atoms with Crippen molar-refractivity contribution in [2.45, 2.75) is 19.1 Å². The largest absolute Gasteiger partial charge is 0.427 e. The predicted octanol–water partition coefficient (Wildman–Crippen LogP) is 0.215. The van der Waals surface area contributed by atoms with Crippen LogP contribution in [0, 0.1) is 0 Å². The zero-order valence-electron chi connectivity index (χ0n) is 7.00. The summed E-state index contributed by atoms with van der Waals surface area (Å²) in [5, 5.41) is 8.50. The Kier molecular flexibility index (Phi) is 2.49. The van der Waals surface area contributed by atoms with Gasteiger partial charge in [-0.3, -0.25) is 0 Å². The summed E-state index contributed by atoms with van der Waals surface area (Å²) in [4.78, 5) is 11.1. The molecule has 1 aliphatic heterocycles. The zero-order chi connectivity index (χ0) is 9.19.